The normalized spacial score (nSPS) is 17.9. The Morgan fingerprint density at radius 2 is 1.67 bits per heavy atom. The summed E-state index contributed by atoms with van der Waals surface area (Å²) in [4.78, 5) is 6.60. The summed E-state index contributed by atoms with van der Waals surface area (Å²) in [5.74, 6) is 0.174. The van der Waals surface area contributed by atoms with Crippen LogP contribution in [0.3, 0.4) is 0 Å². The number of hydrogen-bond donors (Lipinski definition) is 2. The van der Waals surface area contributed by atoms with E-state index in [1.54, 1.807) is 18.3 Å². The van der Waals surface area contributed by atoms with E-state index < -0.39 is 0 Å². The molecule has 2 N–H and O–H groups in total. The molecule has 3 heterocycles. The number of nitrogens with zero attached hydrogens (tertiary/aromatic N) is 3. The Kier molecular flexibility index (Phi) is 5.56. The number of aromatic nitrogens is 2. The van der Waals surface area contributed by atoms with Crippen molar-refractivity contribution in [1.29, 1.82) is 0 Å². The molecule has 0 unspecified atom stereocenters. The standard InChI is InChI=1S/C26H23ClN4OS/c1-16-15-18(17(2)30(16)21-11-4-3-9-19(21)27)25-24(20-10-7-8-14-28-20)29-26(33)31(25)22-12-5-6-13-23(22)32/h3-15,24-25,32H,1-2H3,(H,29,33)/t24-,25+/m0/s1. The van der Waals surface area contributed by atoms with Gasteiger partial charge >= 0.3 is 0 Å². The predicted molar refractivity (Wildman–Crippen MR) is 136 cm³/mol. The van der Waals surface area contributed by atoms with Crippen molar-refractivity contribution >= 4 is 34.6 Å². The number of phenols is 1. The van der Waals surface area contributed by atoms with E-state index in [1.807, 2.05) is 59.5 Å². The number of para-hydroxylation sites is 3. The highest BCUT2D eigenvalue weighted by Crippen LogP contribution is 2.46. The number of thiocarbonyl (C=S) groups is 1. The quantitative estimate of drug-likeness (QED) is 0.354. The molecule has 0 radical (unpaired) electrons. The number of aromatic hydroxyl groups is 1. The molecule has 2 aromatic carbocycles. The van der Waals surface area contributed by atoms with Gasteiger partial charge in [0.05, 0.1) is 34.2 Å². The summed E-state index contributed by atoms with van der Waals surface area (Å²) >= 11 is 12.3. The third-order valence-electron chi connectivity index (χ3n) is 6.12. The van der Waals surface area contributed by atoms with Crippen LogP contribution in [0.25, 0.3) is 5.69 Å². The molecule has 33 heavy (non-hydrogen) atoms. The van der Waals surface area contributed by atoms with Crippen LogP contribution in [0.5, 0.6) is 5.75 Å². The highest BCUT2D eigenvalue weighted by Gasteiger charge is 2.43. The minimum Gasteiger partial charge on any atom is -0.506 e. The second kappa shape index (κ2) is 8.54. The maximum atomic E-state index is 10.7. The third kappa shape index (κ3) is 3.65. The Bertz CT molecular complexity index is 1340. The minimum absolute atomic E-state index is 0.174. The van der Waals surface area contributed by atoms with Gasteiger partial charge in [-0.05, 0) is 74.1 Å². The molecule has 1 fully saturated rings. The SMILES string of the molecule is Cc1cc([C@@H]2[C@H](c3ccccn3)NC(=S)N2c2ccccc2O)c(C)n1-c1ccccc1Cl. The fraction of sp³-hybridized carbons (Fsp3) is 0.154. The topological polar surface area (TPSA) is 53.3 Å². The molecule has 0 saturated carbocycles. The first-order chi connectivity index (χ1) is 16.0. The van der Waals surface area contributed by atoms with Gasteiger partial charge in [0.1, 0.15) is 5.75 Å². The van der Waals surface area contributed by atoms with Gasteiger partial charge in [0.15, 0.2) is 5.11 Å². The molecule has 2 aromatic heterocycles. The van der Waals surface area contributed by atoms with Gasteiger partial charge in [0, 0.05) is 17.6 Å². The number of hydrogen-bond acceptors (Lipinski definition) is 3. The molecule has 7 heteroatoms. The van der Waals surface area contributed by atoms with Crippen LogP contribution in [0.4, 0.5) is 5.69 Å². The molecule has 166 valence electrons. The molecule has 0 spiro atoms. The first kappa shape index (κ1) is 21.5. The Hall–Kier alpha value is -3.35. The molecule has 2 atom stereocenters. The Labute approximate surface area is 203 Å². The number of anilines is 1. The number of rotatable bonds is 4. The molecule has 5 rings (SSSR count). The molecule has 4 aromatic rings. The number of nitrogens with one attached hydrogen (secondary N) is 1. The first-order valence-electron chi connectivity index (χ1n) is 10.7. The van der Waals surface area contributed by atoms with E-state index in [4.69, 9.17) is 23.8 Å². The lowest BCUT2D eigenvalue weighted by Crippen LogP contribution is -2.29. The van der Waals surface area contributed by atoms with Crippen LogP contribution < -0.4 is 10.2 Å². The molecule has 1 aliphatic rings. The molecular formula is C26H23ClN4OS. The van der Waals surface area contributed by atoms with Crippen LogP contribution >= 0.6 is 23.8 Å². The minimum atomic E-state index is -0.219. The smallest absolute Gasteiger partial charge is 0.174 e. The van der Waals surface area contributed by atoms with Gasteiger partial charge in [-0.1, -0.05) is 41.9 Å². The van der Waals surface area contributed by atoms with E-state index in [2.05, 4.69) is 34.8 Å². The maximum absolute atomic E-state index is 10.7. The van der Waals surface area contributed by atoms with Crippen molar-refractivity contribution in [3.63, 3.8) is 0 Å². The van der Waals surface area contributed by atoms with Crippen molar-refractivity contribution in [2.45, 2.75) is 25.9 Å². The number of halogens is 1. The molecule has 0 bridgehead atoms. The molecule has 1 saturated heterocycles. The van der Waals surface area contributed by atoms with E-state index in [9.17, 15) is 5.11 Å². The molecule has 5 nitrogen and oxygen atoms in total. The van der Waals surface area contributed by atoms with Crippen LogP contribution in [-0.4, -0.2) is 19.8 Å². The molecule has 0 amide bonds. The van der Waals surface area contributed by atoms with Crippen LogP contribution in [0, 0.1) is 13.8 Å². The number of benzene rings is 2. The average molecular weight is 475 g/mol. The summed E-state index contributed by atoms with van der Waals surface area (Å²) in [5.41, 5.74) is 5.66. The zero-order valence-electron chi connectivity index (χ0n) is 18.2. The number of phenolic OH excluding ortho intramolecular Hbond substituents is 1. The second-order valence-corrected chi connectivity index (χ2v) is 8.89. The van der Waals surface area contributed by atoms with Crippen molar-refractivity contribution in [2.24, 2.45) is 0 Å². The van der Waals surface area contributed by atoms with E-state index in [1.165, 1.54) is 0 Å². The van der Waals surface area contributed by atoms with Gasteiger partial charge in [-0.25, -0.2) is 0 Å². The zero-order valence-corrected chi connectivity index (χ0v) is 19.8. The summed E-state index contributed by atoms with van der Waals surface area (Å²) in [6.07, 6.45) is 1.78. The van der Waals surface area contributed by atoms with Gasteiger partial charge < -0.3 is 19.9 Å². The summed E-state index contributed by atoms with van der Waals surface area (Å²) < 4.78 is 2.16. The van der Waals surface area contributed by atoms with Gasteiger partial charge in [0.25, 0.3) is 0 Å². The largest absolute Gasteiger partial charge is 0.506 e. The van der Waals surface area contributed by atoms with Crippen molar-refractivity contribution in [1.82, 2.24) is 14.9 Å². The van der Waals surface area contributed by atoms with Crippen molar-refractivity contribution in [3.05, 3.63) is 107 Å². The molecular weight excluding hydrogens is 452 g/mol. The molecule has 0 aliphatic carbocycles. The fourth-order valence-corrected chi connectivity index (χ4v) is 5.25. The maximum Gasteiger partial charge on any atom is 0.174 e. The summed E-state index contributed by atoms with van der Waals surface area (Å²) in [5, 5.41) is 15.4. The third-order valence-corrected chi connectivity index (χ3v) is 6.76. The summed E-state index contributed by atoms with van der Waals surface area (Å²) in [7, 11) is 0. The van der Waals surface area contributed by atoms with Gasteiger partial charge in [-0.15, -0.1) is 0 Å². The Balaban J connectivity index is 1.71. The number of pyridine rings is 1. The number of aryl methyl sites for hydroxylation is 1. The lowest BCUT2D eigenvalue weighted by molar-refractivity contribution is 0.472. The lowest BCUT2D eigenvalue weighted by atomic mass is 9.96. The van der Waals surface area contributed by atoms with Crippen molar-refractivity contribution in [3.8, 4) is 11.4 Å². The predicted octanol–water partition coefficient (Wildman–Crippen LogP) is 6.03. The van der Waals surface area contributed by atoms with Crippen LogP contribution in [-0.2, 0) is 0 Å². The summed E-state index contributed by atoms with van der Waals surface area (Å²) in [6, 6.07) is 22.7. The van der Waals surface area contributed by atoms with E-state index >= 15 is 0 Å². The summed E-state index contributed by atoms with van der Waals surface area (Å²) in [6.45, 7) is 4.16. The molecule has 1 aliphatic heterocycles. The van der Waals surface area contributed by atoms with Gasteiger partial charge in [-0.2, -0.15) is 0 Å². The first-order valence-corrected chi connectivity index (χ1v) is 11.5. The van der Waals surface area contributed by atoms with Crippen LogP contribution in [0.15, 0.2) is 79.0 Å². The van der Waals surface area contributed by atoms with Crippen molar-refractivity contribution in [2.75, 3.05) is 4.90 Å². The van der Waals surface area contributed by atoms with Gasteiger partial charge in [-0.3, -0.25) is 4.98 Å². The van der Waals surface area contributed by atoms with Crippen molar-refractivity contribution < 1.29 is 5.11 Å². The second-order valence-electron chi connectivity index (χ2n) is 8.10. The van der Waals surface area contributed by atoms with Crippen LogP contribution in [0.1, 0.15) is 34.7 Å². The Morgan fingerprint density at radius 3 is 2.36 bits per heavy atom. The van der Waals surface area contributed by atoms with E-state index in [0.717, 1.165) is 28.3 Å². The lowest BCUT2D eigenvalue weighted by Gasteiger charge is -2.28. The average Bonchev–Trinajstić information content (AvgIpc) is 3.30. The van der Waals surface area contributed by atoms with E-state index in [0.29, 0.717) is 15.8 Å². The highest BCUT2D eigenvalue weighted by molar-refractivity contribution is 7.80. The zero-order chi connectivity index (χ0) is 23.1. The fourth-order valence-electron chi connectivity index (χ4n) is 4.69. The highest BCUT2D eigenvalue weighted by atomic mass is 35.5. The monoisotopic (exact) mass is 474 g/mol. The van der Waals surface area contributed by atoms with Gasteiger partial charge in [0.2, 0.25) is 0 Å². The van der Waals surface area contributed by atoms with E-state index in [-0.39, 0.29) is 17.8 Å². The Morgan fingerprint density at radius 1 is 0.970 bits per heavy atom. The van der Waals surface area contributed by atoms with Crippen LogP contribution in [0.2, 0.25) is 5.02 Å².